The minimum atomic E-state index is 0.292. The zero-order chi connectivity index (χ0) is 10.2. The number of anilines is 1. The standard InChI is InChI=1S/C11H14N2O/c1-2-8-14-11-5-3-4-10(9-11)13-7-6-12/h1,3-5,9,13H,6-8,12H2. The van der Waals surface area contributed by atoms with Crippen LogP contribution in [0.25, 0.3) is 0 Å². The monoisotopic (exact) mass is 190 g/mol. The fourth-order valence-corrected chi connectivity index (χ4v) is 1.04. The molecule has 1 aromatic carbocycles. The molecular formula is C11H14N2O. The fraction of sp³-hybridized carbons (Fsp3) is 0.273. The minimum Gasteiger partial charge on any atom is -0.481 e. The molecule has 0 saturated carbocycles. The van der Waals surface area contributed by atoms with E-state index in [0.717, 1.165) is 18.0 Å². The van der Waals surface area contributed by atoms with Crippen molar-refractivity contribution in [3.8, 4) is 18.1 Å². The zero-order valence-corrected chi connectivity index (χ0v) is 7.99. The van der Waals surface area contributed by atoms with Crippen molar-refractivity contribution < 1.29 is 4.74 Å². The molecule has 0 aliphatic heterocycles. The molecule has 0 radical (unpaired) electrons. The van der Waals surface area contributed by atoms with Crippen LogP contribution in [0.5, 0.6) is 5.75 Å². The van der Waals surface area contributed by atoms with E-state index in [2.05, 4.69) is 11.2 Å². The Balaban J connectivity index is 2.55. The van der Waals surface area contributed by atoms with E-state index < -0.39 is 0 Å². The second kappa shape index (κ2) is 5.90. The lowest BCUT2D eigenvalue weighted by Gasteiger charge is -2.07. The predicted molar refractivity (Wildman–Crippen MR) is 58.3 cm³/mol. The average Bonchev–Trinajstić information content (AvgIpc) is 2.24. The van der Waals surface area contributed by atoms with Crippen LogP contribution in [0.3, 0.4) is 0 Å². The predicted octanol–water partition coefficient (Wildman–Crippen LogP) is 1.07. The summed E-state index contributed by atoms with van der Waals surface area (Å²) >= 11 is 0. The van der Waals surface area contributed by atoms with E-state index in [0.29, 0.717) is 13.2 Å². The molecule has 0 saturated heterocycles. The molecule has 74 valence electrons. The summed E-state index contributed by atoms with van der Waals surface area (Å²) < 4.78 is 5.27. The summed E-state index contributed by atoms with van der Waals surface area (Å²) in [7, 11) is 0. The first-order chi connectivity index (χ1) is 6.86. The molecule has 0 fully saturated rings. The van der Waals surface area contributed by atoms with Crippen molar-refractivity contribution in [3.63, 3.8) is 0 Å². The van der Waals surface area contributed by atoms with E-state index in [1.54, 1.807) is 0 Å². The number of ether oxygens (including phenoxy) is 1. The highest BCUT2D eigenvalue weighted by Crippen LogP contribution is 2.16. The van der Waals surface area contributed by atoms with Crippen molar-refractivity contribution in [2.24, 2.45) is 5.73 Å². The van der Waals surface area contributed by atoms with Crippen LogP contribution in [0.2, 0.25) is 0 Å². The molecule has 0 aromatic heterocycles. The van der Waals surface area contributed by atoms with Gasteiger partial charge in [-0.1, -0.05) is 12.0 Å². The Morgan fingerprint density at radius 1 is 1.50 bits per heavy atom. The Hall–Kier alpha value is -1.66. The molecule has 3 heteroatoms. The average molecular weight is 190 g/mol. The normalized spacial score (nSPS) is 9.14. The van der Waals surface area contributed by atoms with E-state index in [9.17, 15) is 0 Å². The first-order valence-corrected chi connectivity index (χ1v) is 4.47. The van der Waals surface area contributed by atoms with Crippen molar-refractivity contribution in [2.45, 2.75) is 0 Å². The molecule has 0 aliphatic carbocycles. The van der Waals surface area contributed by atoms with Gasteiger partial charge in [0.1, 0.15) is 12.4 Å². The second-order valence-corrected chi connectivity index (χ2v) is 2.74. The van der Waals surface area contributed by atoms with Crippen LogP contribution in [0, 0.1) is 12.3 Å². The van der Waals surface area contributed by atoms with Gasteiger partial charge >= 0.3 is 0 Å². The molecular weight excluding hydrogens is 176 g/mol. The lowest BCUT2D eigenvalue weighted by molar-refractivity contribution is 0.370. The van der Waals surface area contributed by atoms with E-state index in [-0.39, 0.29) is 0 Å². The van der Waals surface area contributed by atoms with Crippen molar-refractivity contribution in [1.29, 1.82) is 0 Å². The molecule has 14 heavy (non-hydrogen) atoms. The van der Waals surface area contributed by atoms with Gasteiger partial charge in [0.05, 0.1) is 0 Å². The van der Waals surface area contributed by atoms with Crippen LogP contribution in [-0.4, -0.2) is 19.7 Å². The minimum absolute atomic E-state index is 0.292. The summed E-state index contributed by atoms with van der Waals surface area (Å²) in [6.07, 6.45) is 5.09. The lowest BCUT2D eigenvalue weighted by atomic mass is 10.3. The number of terminal acetylenes is 1. The second-order valence-electron chi connectivity index (χ2n) is 2.74. The first kappa shape index (κ1) is 10.4. The maximum absolute atomic E-state index is 5.37. The molecule has 3 nitrogen and oxygen atoms in total. The Bertz CT molecular complexity index is 317. The van der Waals surface area contributed by atoms with Gasteiger partial charge in [-0.05, 0) is 12.1 Å². The van der Waals surface area contributed by atoms with Gasteiger partial charge in [0, 0.05) is 24.8 Å². The molecule has 0 aliphatic rings. The first-order valence-electron chi connectivity index (χ1n) is 4.47. The van der Waals surface area contributed by atoms with E-state index in [4.69, 9.17) is 16.9 Å². The van der Waals surface area contributed by atoms with Gasteiger partial charge in [0.2, 0.25) is 0 Å². The number of hydrogen-bond acceptors (Lipinski definition) is 3. The number of hydrogen-bond donors (Lipinski definition) is 2. The van der Waals surface area contributed by atoms with Gasteiger partial charge in [-0.3, -0.25) is 0 Å². The van der Waals surface area contributed by atoms with Gasteiger partial charge in [-0.25, -0.2) is 0 Å². The Morgan fingerprint density at radius 2 is 2.36 bits per heavy atom. The summed E-state index contributed by atoms with van der Waals surface area (Å²) in [5, 5.41) is 3.15. The zero-order valence-electron chi connectivity index (χ0n) is 7.99. The smallest absolute Gasteiger partial charge is 0.148 e. The Kier molecular flexibility index (Phi) is 4.39. The van der Waals surface area contributed by atoms with Crippen LogP contribution in [-0.2, 0) is 0 Å². The fourth-order valence-electron chi connectivity index (χ4n) is 1.04. The van der Waals surface area contributed by atoms with E-state index in [1.807, 2.05) is 24.3 Å². The topological polar surface area (TPSA) is 47.3 Å². The maximum atomic E-state index is 5.37. The largest absolute Gasteiger partial charge is 0.481 e. The van der Waals surface area contributed by atoms with Gasteiger partial charge < -0.3 is 15.8 Å². The van der Waals surface area contributed by atoms with Crippen LogP contribution < -0.4 is 15.8 Å². The Labute approximate surface area is 84.3 Å². The maximum Gasteiger partial charge on any atom is 0.148 e. The van der Waals surface area contributed by atoms with E-state index in [1.165, 1.54) is 0 Å². The number of nitrogens with two attached hydrogens (primary N) is 1. The van der Waals surface area contributed by atoms with Crippen LogP contribution in [0.1, 0.15) is 0 Å². The van der Waals surface area contributed by atoms with Crippen molar-refractivity contribution in [2.75, 3.05) is 25.0 Å². The van der Waals surface area contributed by atoms with Crippen LogP contribution in [0.4, 0.5) is 5.69 Å². The SMILES string of the molecule is C#CCOc1cccc(NCCN)c1. The van der Waals surface area contributed by atoms with Crippen LogP contribution in [0.15, 0.2) is 24.3 Å². The molecule has 0 atom stereocenters. The lowest BCUT2D eigenvalue weighted by Crippen LogP contribution is -2.12. The summed E-state index contributed by atoms with van der Waals surface area (Å²) in [5.74, 6) is 3.18. The summed E-state index contributed by atoms with van der Waals surface area (Å²) in [4.78, 5) is 0. The Morgan fingerprint density at radius 3 is 3.07 bits per heavy atom. The highest BCUT2D eigenvalue weighted by Gasteiger charge is 1.94. The molecule has 0 amide bonds. The quantitative estimate of drug-likeness (QED) is 0.683. The third kappa shape index (κ3) is 3.38. The highest BCUT2D eigenvalue weighted by atomic mass is 16.5. The summed E-state index contributed by atoms with van der Waals surface area (Å²) in [6, 6.07) is 7.63. The summed E-state index contributed by atoms with van der Waals surface area (Å²) in [6.45, 7) is 1.65. The third-order valence-electron chi connectivity index (χ3n) is 1.63. The highest BCUT2D eigenvalue weighted by molar-refractivity contribution is 5.48. The van der Waals surface area contributed by atoms with Crippen molar-refractivity contribution in [3.05, 3.63) is 24.3 Å². The molecule has 0 unspecified atom stereocenters. The van der Waals surface area contributed by atoms with E-state index >= 15 is 0 Å². The van der Waals surface area contributed by atoms with Crippen LogP contribution >= 0.6 is 0 Å². The summed E-state index contributed by atoms with van der Waals surface area (Å²) in [5.41, 5.74) is 6.37. The molecule has 3 N–H and O–H groups in total. The van der Waals surface area contributed by atoms with Gasteiger partial charge in [0.25, 0.3) is 0 Å². The van der Waals surface area contributed by atoms with Gasteiger partial charge in [-0.15, -0.1) is 6.42 Å². The number of benzene rings is 1. The number of nitrogens with one attached hydrogen (secondary N) is 1. The van der Waals surface area contributed by atoms with Gasteiger partial charge in [-0.2, -0.15) is 0 Å². The molecule has 0 heterocycles. The van der Waals surface area contributed by atoms with Crippen molar-refractivity contribution in [1.82, 2.24) is 0 Å². The molecule has 1 aromatic rings. The van der Waals surface area contributed by atoms with Crippen molar-refractivity contribution >= 4 is 5.69 Å². The molecule has 1 rings (SSSR count). The molecule has 0 spiro atoms. The molecule has 0 bridgehead atoms. The van der Waals surface area contributed by atoms with Gasteiger partial charge in [0.15, 0.2) is 0 Å². The number of rotatable bonds is 5. The third-order valence-corrected chi connectivity index (χ3v) is 1.63.